The molecule has 0 fully saturated rings. The van der Waals surface area contributed by atoms with Crippen molar-refractivity contribution in [3.63, 3.8) is 0 Å². The first-order valence-electron chi connectivity index (χ1n) is 6.97. The van der Waals surface area contributed by atoms with Crippen molar-refractivity contribution in [3.05, 3.63) is 35.4 Å². The van der Waals surface area contributed by atoms with Crippen LogP contribution in [0.25, 0.3) is 0 Å². The minimum absolute atomic E-state index is 0.0781. The average molecular weight is 403 g/mol. The molecule has 0 heterocycles. The number of carbonyl (C=O) groups excluding carboxylic acids is 1. The van der Waals surface area contributed by atoms with Gasteiger partial charge in [0.1, 0.15) is 0 Å². The number of nitrogens with one attached hydrogen (secondary N) is 1. The Morgan fingerprint density at radius 2 is 1.74 bits per heavy atom. The van der Waals surface area contributed by atoms with Gasteiger partial charge >= 0.3 is 7.60 Å². The van der Waals surface area contributed by atoms with Gasteiger partial charge in [-0.15, -0.1) is 0 Å². The normalized spacial score (nSPS) is 13.7. The molecule has 0 bridgehead atoms. The first-order chi connectivity index (χ1) is 10.7. The Morgan fingerprint density at radius 1 is 1.22 bits per heavy atom. The Hall–Kier alpha value is -0.290. The smallest absolute Gasteiger partial charge is 0.334 e. The van der Waals surface area contributed by atoms with Crippen LogP contribution in [0.15, 0.2) is 24.3 Å². The highest BCUT2D eigenvalue weighted by molar-refractivity contribution is 7.55. The number of carbonyl (C=O) groups is 1. The Labute approximate surface area is 151 Å². The lowest BCUT2D eigenvalue weighted by molar-refractivity contribution is 0.0937. The minimum atomic E-state index is -3.87. The number of alkyl halides is 3. The van der Waals surface area contributed by atoms with Gasteiger partial charge in [-0.2, -0.15) is 0 Å². The summed E-state index contributed by atoms with van der Waals surface area (Å²) in [6.45, 7) is 5.18. The fraction of sp³-hybridized carbons (Fsp3) is 0.500. The van der Waals surface area contributed by atoms with Crippen LogP contribution in [-0.2, 0) is 13.6 Å². The quantitative estimate of drug-likeness (QED) is 0.531. The molecule has 1 aromatic carbocycles. The van der Waals surface area contributed by atoms with Crippen LogP contribution in [-0.4, -0.2) is 28.7 Å². The van der Waals surface area contributed by atoms with Gasteiger partial charge in [-0.05, 0) is 32.4 Å². The van der Waals surface area contributed by atoms with E-state index in [2.05, 4.69) is 5.32 Å². The van der Waals surface area contributed by atoms with Crippen LogP contribution in [0.5, 0.6) is 0 Å². The molecule has 0 aliphatic heterocycles. The highest BCUT2D eigenvalue weighted by atomic mass is 35.6. The summed E-state index contributed by atoms with van der Waals surface area (Å²) in [5.74, 6) is -1.97. The Kier molecular flexibility index (Phi) is 7.85. The molecular weight excluding hydrogens is 383 g/mol. The van der Waals surface area contributed by atoms with Gasteiger partial charge in [0.05, 0.1) is 13.2 Å². The molecule has 0 saturated heterocycles. The van der Waals surface area contributed by atoms with E-state index in [1.54, 1.807) is 45.0 Å². The molecule has 0 aromatic heterocycles. The molecule has 9 heteroatoms. The molecule has 0 aliphatic rings. The maximum absolute atomic E-state index is 12.9. The van der Waals surface area contributed by atoms with Crippen molar-refractivity contribution in [1.82, 2.24) is 5.32 Å². The molecule has 0 saturated carbocycles. The van der Waals surface area contributed by atoms with E-state index in [4.69, 9.17) is 43.9 Å². The minimum Gasteiger partial charge on any atom is -0.334 e. The zero-order valence-electron chi connectivity index (χ0n) is 13.0. The summed E-state index contributed by atoms with van der Waals surface area (Å²) in [5, 5.41) is 2.48. The number of benzene rings is 1. The molecule has 1 aromatic rings. The van der Waals surface area contributed by atoms with Crippen molar-refractivity contribution in [3.8, 4) is 0 Å². The summed E-state index contributed by atoms with van der Waals surface area (Å²) in [6, 6.07) is 6.89. The molecule has 5 nitrogen and oxygen atoms in total. The fourth-order valence-electron chi connectivity index (χ4n) is 1.92. The second-order valence-corrected chi connectivity index (χ2v) is 9.09. The van der Waals surface area contributed by atoms with Gasteiger partial charge in [-0.25, -0.2) is 0 Å². The van der Waals surface area contributed by atoms with Crippen molar-refractivity contribution in [2.24, 2.45) is 0 Å². The number of aryl methyl sites for hydroxylation is 1. The molecule has 1 atom stereocenters. The van der Waals surface area contributed by atoms with E-state index in [1.165, 1.54) is 0 Å². The third-order valence-corrected chi connectivity index (χ3v) is 6.40. The van der Waals surface area contributed by atoms with Crippen molar-refractivity contribution >= 4 is 48.3 Å². The highest BCUT2D eigenvalue weighted by Gasteiger charge is 2.49. The summed E-state index contributed by atoms with van der Waals surface area (Å²) in [7, 11) is -3.87. The second kappa shape index (κ2) is 8.70. The molecule has 1 rings (SSSR count). The zero-order valence-corrected chi connectivity index (χ0v) is 16.2. The maximum Gasteiger partial charge on any atom is 0.357 e. The Bertz CT molecular complexity index is 582. The van der Waals surface area contributed by atoms with Crippen LogP contribution in [0.1, 0.15) is 29.8 Å². The van der Waals surface area contributed by atoms with Crippen LogP contribution in [0, 0.1) is 6.92 Å². The highest BCUT2D eigenvalue weighted by Crippen LogP contribution is 2.58. The van der Waals surface area contributed by atoms with Crippen LogP contribution in [0.4, 0.5) is 0 Å². The van der Waals surface area contributed by atoms with Gasteiger partial charge in [0.2, 0.25) is 3.79 Å². The molecule has 0 aliphatic carbocycles. The van der Waals surface area contributed by atoms with E-state index < -0.39 is 23.1 Å². The molecular formula is C14H19Cl3NO4P. The Morgan fingerprint density at radius 3 is 2.17 bits per heavy atom. The van der Waals surface area contributed by atoms with Crippen LogP contribution < -0.4 is 5.32 Å². The fourth-order valence-corrected chi connectivity index (χ4v) is 4.88. The number of hydrogen-bond donors (Lipinski definition) is 1. The van der Waals surface area contributed by atoms with Gasteiger partial charge in [0.25, 0.3) is 5.91 Å². The summed E-state index contributed by atoms with van der Waals surface area (Å²) in [6.07, 6.45) is 0. The monoisotopic (exact) mass is 401 g/mol. The first-order valence-corrected chi connectivity index (χ1v) is 9.72. The molecule has 1 amide bonds. The molecule has 1 N–H and O–H groups in total. The van der Waals surface area contributed by atoms with Gasteiger partial charge in [0, 0.05) is 5.56 Å². The summed E-state index contributed by atoms with van der Waals surface area (Å²) >= 11 is 17.7. The molecule has 130 valence electrons. The van der Waals surface area contributed by atoms with Gasteiger partial charge < -0.3 is 14.4 Å². The number of hydrogen-bond acceptors (Lipinski definition) is 4. The van der Waals surface area contributed by atoms with Crippen molar-refractivity contribution in [2.45, 2.75) is 30.3 Å². The van der Waals surface area contributed by atoms with E-state index >= 15 is 0 Å². The van der Waals surface area contributed by atoms with Crippen molar-refractivity contribution < 1.29 is 18.4 Å². The summed E-state index contributed by atoms with van der Waals surface area (Å²) in [5.41, 5.74) is 1.11. The Balaban J connectivity index is 3.16. The average Bonchev–Trinajstić information content (AvgIpc) is 2.44. The lowest BCUT2D eigenvalue weighted by Crippen LogP contribution is -2.44. The van der Waals surface area contributed by atoms with Gasteiger partial charge in [-0.1, -0.05) is 53.0 Å². The number of amides is 1. The first kappa shape index (κ1) is 20.8. The van der Waals surface area contributed by atoms with E-state index in [0.717, 1.165) is 5.56 Å². The van der Waals surface area contributed by atoms with Crippen LogP contribution >= 0.6 is 42.4 Å². The summed E-state index contributed by atoms with van der Waals surface area (Å²) in [4.78, 5) is 12.5. The molecule has 0 spiro atoms. The third-order valence-electron chi connectivity index (χ3n) is 2.90. The zero-order chi connectivity index (χ0) is 17.7. The van der Waals surface area contributed by atoms with Crippen molar-refractivity contribution in [2.75, 3.05) is 13.2 Å². The van der Waals surface area contributed by atoms with Crippen LogP contribution in [0.3, 0.4) is 0 Å². The maximum atomic E-state index is 12.9. The van der Waals surface area contributed by atoms with E-state index in [-0.39, 0.29) is 13.2 Å². The third kappa shape index (κ3) is 5.63. The van der Waals surface area contributed by atoms with Crippen molar-refractivity contribution in [1.29, 1.82) is 0 Å². The number of halogens is 3. The topological polar surface area (TPSA) is 64.6 Å². The number of rotatable bonds is 7. The molecule has 0 radical (unpaired) electrons. The predicted molar refractivity (Wildman–Crippen MR) is 93.6 cm³/mol. The SMILES string of the molecule is CCOP(=O)(OCC)[C@@H](NC(=O)c1ccccc1C)C(Cl)(Cl)Cl. The summed E-state index contributed by atoms with van der Waals surface area (Å²) < 4.78 is 21.2. The second-order valence-electron chi connectivity index (χ2n) is 4.61. The van der Waals surface area contributed by atoms with E-state index in [9.17, 15) is 9.36 Å². The largest absolute Gasteiger partial charge is 0.357 e. The lowest BCUT2D eigenvalue weighted by atomic mass is 10.1. The van der Waals surface area contributed by atoms with Gasteiger partial charge in [0.15, 0.2) is 5.78 Å². The van der Waals surface area contributed by atoms with E-state index in [0.29, 0.717) is 5.56 Å². The molecule has 23 heavy (non-hydrogen) atoms. The predicted octanol–water partition coefficient (Wildman–Crippen LogP) is 4.69. The van der Waals surface area contributed by atoms with Crippen LogP contribution in [0.2, 0.25) is 0 Å². The van der Waals surface area contributed by atoms with E-state index in [1.807, 2.05) is 0 Å². The molecule has 0 unspecified atom stereocenters. The lowest BCUT2D eigenvalue weighted by Gasteiger charge is -2.31. The van der Waals surface area contributed by atoms with Gasteiger partial charge in [-0.3, -0.25) is 9.36 Å². The standard InChI is InChI=1S/C14H19Cl3NO4P/c1-4-21-23(20,22-5-2)13(14(15,16)17)18-12(19)11-9-7-6-8-10(11)3/h6-9,13H,4-5H2,1-3H3,(H,18,19)/t13-/m1/s1.